The van der Waals surface area contributed by atoms with Crippen molar-refractivity contribution in [2.45, 2.75) is 42.6 Å². The number of esters is 3. The summed E-state index contributed by atoms with van der Waals surface area (Å²) in [5.41, 5.74) is 2.59. The van der Waals surface area contributed by atoms with Gasteiger partial charge in [-0.25, -0.2) is 0 Å². The van der Waals surface area contributed by atoms with Gasteiger partial charge in [0.15, 0.2) is 17.4 Å². The fourth-order valence-corrected chi connectivity index (χ4v) is 11.0. The molecular formula is C55H52N4O12. The number of aliphatic hydroxyl groups excluding tert-OH is 1. The number of fused-ring (bicyclic) bond motifs is 4. The molecule has 5 aliphatic rings. The smallest absolute Gasteiger partial charge is 0.324 e. The van der Waals surface area contributed by atoms with Gasteiger partial charge in [0.25, 0.3) is 0 Å². The molecule has 364 valence electrons. The highest BCUT2D eigenvalue weighted by atomic mass is 16.7. The molecular weight excluding hydrogens is 909 g/mol. The first kappa shape index (κ1) is 47.0. The molecule has 6 atom stereocenters. The number of methoxy groups -OCH3 is 2. The van der Waals surface area contributed by atoms with Gasteiger partial charge in [-0.15, -0.1) is 0 Å². The van der Waals surface area contributed by atoms with Crippen LogP contribution < -0.4 is 19.5 Å². The molecule has 2 amide bonds. The maximum Gasteiger partial charge on any atom is 0.324 e. The van der Waals surface area contributed by atoms with Gasteiger partial charge < -0.3 is 43.7 Å². The second kappa shape index (κ2) is 20.0. The fourth-order valence-electron chi connectivity index (χ4n) is 11.0. The zero-order valence-corrected chi connectivity index (χ0v) is 39.2. The van der Waals surface area contributed by atoms with Crippen LogP contribution in [-0.4, -0.2) is 116 Å². The van der Waals surface area contributed by atoms with Gasteiger partial charge in [-0.1, -0.05) is 90.7 Å². The SMILES string of the molecule is COC(=O)C(CC#Cc1ccc2c(c1)C1(C(=O)N2)C(C(=O)N2CCN(Cc3ccc4c(c3)OCO4)CC2)C2C(=O)OC(c3ccccc3)C(c3ccccc3)N2C1c1cccc(OCCO)c1)C(=O)OC. The highest BCUT2D eigenvalue weighted by Gasteiger charge is 2.74. The van der Waals surface area contributed by atoms with Crippen LogP contribution in [0.3, 0.4) is 0 Å². The Labute approximate surface area is 410 Å². The van der Waals surface area contributed by atoms with Crippen molar-refractivity contribution in [1.82, 2.24) is 14.7 Å². The fraction of sp³-hybridized carbons (Fsp3) is 0.327. The summed E-state index contributed by atoms with van der Waals surface area (Å²) in [6.45, 7) is 2.17. The Morgan fingerprint density at radius 3 is 2.21 bits per heavy atom. The van der Waals surface area contributed by atoms with Gasteiger partial charge in [0.05, 0.1) is 38.8 Å². The molecule has 1 spiro atoms. The van der Waals surface area contributed by atoms with E-state index < -0.39 is 71.2 Å². The van der Waals surface area contributed by atoms with Crippen LogP contribution in [0.15, 0.2) is 121 Å². The average Bonchev–Trinajstić information content (AvgIpc) is 4.09. The number of nitrogens with one attached hydrogen (secondary N) is 1. The largest absolute Gasteiger partial charge is 0.491 e. The zero-order chi connectivity index (χ0) is 49.2. The van der Waals surface area contributed by atoms with E-state index in [2.05, 4.69) is 22.1 Å². The number of hydrogen-bond acceptors (Lipinski definition) is 14. The van der Waals surface area contributed by atoms with Crippen LogP contribution in [0, 0.1) is 23.7 Å². The first-order chi connectivity index (χ1) is 34.6. The van der Waals surface area contributed by atoms with Crippen LogP contribution >= 0.6 is 0 Å². The molecule has 10 rings (SSSR count). The lowest BCUT2D eigenvalue weighted by atomic mass is 9.65. The molecule has 5 aliphatic heterocycles. The molecule has 3 fully saturated rings. The molecule has 16 nitrogen and oxygen atoms in total. The Bertz CT molecular complexity index is 2900. The van der Waals surface area contributed by atoms with Crippen molar-refractivity contribution in [2.24, 2.45) is 11.8 Å². The Hall–Kier alpha value is -7.71. The van der Waals surface area contributed by atoms with Crippen LogP contribution in [0.25, 0.3) is 0 Å². The topological polar surface area (TPSA) is 183 Å². The van der Waals surface area contributed by atoms with Gasteiger partial charge in [-0.2, -0.15) is 0 Å². The second-order valence-corrected chi connectivity index (χ2v) is 18.0. The molecule has 6 unspecified atom stereocenters. The number of ether oxygens (including phenoxy) is 6. The van der Waals surface area contributed by atoms with E-state index in [4.69, 9.17) is 28.4 Å². The van der Waals surface area contributed by atoms with Gasteiger partial charge in [-0.05, 0) is 70.3 Å². The molecule has 0 saturated carbocycles. The number of rotatable bonds is 12. The van der Waals surface area contributed by atoms with Crippen LogP contribution in [0.5, 0.6) is 17.2 Å². The van der Waals surface area contributed by atoms with Crippen LogP contribution in [-0.2, 0) is 50.1 Å². The van der Waals surface area contributed by atoms with Gasteiger partial charge >= 0.3 is 17.9 Å². The molecule has 0 radical (unpaired) electrons. The maximum atomic E-state index is 16.1. The molecule has 2 N–H and O–H groups in total. The second-order valence-electron chi connectivity index (χ2n) is 18.0. The summed E-state index contributed by atoms with van der Waals surface area (Å²) >= 11 is 0. The van der Waals surface area contributed by atoms with E-state index in [0.717, 1.165) is 16.7 Å². The Balaban J connectivity index is 1.13. The first-order valence-corrected chi connectivity index (χ1v) is 23.6. The predicted octanol–water partition coefficient (Wildman–Crippen LogP) is 5.11. The van der Waals surface area contributed by atoms with Crippen molar-refractivity contribution >= 4 is 35.4 Å². The van der Waals surface area contributed by atoms with Crippen molar-refractivity contribution in [3.63, 3.8) is 0 Å². The number of cyclic esters (lactones) is 1. The molecule has 5 heterocycles. The van der Waals surface area contributed by atoms with Crippen LogP contribution in [0.4, 0.5) is 5.69 Å². The molecule has 16 heteroatoms. The third-order valence-electron chi connectivity index (χ3n) is 14.1. The number of carbonyl (C=O) groups is 5. The van der Waals surface area contributed by atoms with E-state index in [0.29, 0.717) is 72.4 Å². The van der Waals surface area contributed by atoms with Crippen LogP contribution in [0.2, 0.25) is 0 Å². The third-order valence-corrected chi connectivity index (χ3v) is 14.1. The standard InChI is InChI=1S/C55H52N4O12/c1-66-51(62)40(52(63)67-2)18-9-11-34-19-21-42-41(29-34)55(54(65)56-42)45(50(61)58-25-23-57(24-26-58)32-35-20-22-43-44(30-35)70-33-69-43)47-53(64)71-48(37-14-7-4-8-15-37)46(36-12-5-3-6-13-36)59(47)49(55)38-16-10-17-39(31-38)68-28-27-60/h3-8,10,12-17,19-22,29-31,40,45-49,60H,18,23-28,32-33H2,1-2H3,(H,56,65). The Kier molecular flexibility index (Phi) is 13.2. The average molecular weight is 961 g/mol. The lowest BCUT2D eigenvalue weighted by Crippen LogP contribution is -2.58. The van der Waals surface area contributed by atoms with Gasteiger partial charge in [0.2, 0.25) is 18.6 Å². The summed E-state index contributed by atoms with van der Waals surface area (Å²) in [4.78, 5) is 78.5. The monoisotopic (exact) mass is 960 g/mol. The Morgan fingerprint density at radius 1 is 0.789 bits per heavy atom. The summed E-state index contributed by atoms with van der Waals surface area (Å²) in [6.07, 6.45) is -1.09. The number of amides is 2. The minimum absolute atomic E-state index is 0.000562. The Morgan fingerprint density at radius 2 is 1.49 bits per heavy atom. The summed E-state index contributed by atoms with van der Waals surface area (Å²) < 4.78 is 33.5. The molecule has 0 aromatic heterocycles. The zero-order valence-electron chi connectivity index (χ0n) is 39.2. The third kappa shape index (κ3) is 8.60. The van der Waals surface area contributed by atoms with Gasteiger partial charge in [-0.3, -0.25) is 33.8 Å². The van der Waals surface area contributed by atoms with E-state index in [-0.39, 0.29) is 26.4 Å². The van der Waals surface area contributed by atoms with Crippen molar-refractivity contribution in [1.29, 1.82) is 0 Å². The summed E-state index contributed by atoms with van der Waals surface area (Å²) in [5, 5.41) is 12.9. The van der Waals surface area contributed by atoms with Crippen molar-refractivity contribution in [3.05, 3.63) is 155 Å². The van der Waals surface area contributed by atoms with E-state index in [1.807, 2.05) is 89.8 Å². The van der Waals surface area contributed by atoms with Gasteiger partial charge in [0, 0.05) is 50.4 Å². The van der Waals surface area contributed by atoms with E-state index in [1.165, 1.54) is 14.2 Å². The van der Waals surface area contributed by atoms with Gasteiger partial charge in [0.1, 0.15) is 29.9 Å². The molecule has 0 bridgehead atoms. The molecule has 3 saturated heterocycles. The maximum absolute atomic E-state index is 16.1. The summed E-state index contributed by atoms with van der Waals surface area (Å²) in [7, 11) is 2.35. The highest BCUT2D eigenvalue weighted by Crippen LogP contribution is 2.65. The number of piperazine rings is 1. The number of anilines is 1. The van der Waals surface area contributed by atoms with Crippen molar-refractivity contribution in [3.8, 4) is 29.1 Å². The van der Waals surface area contributed by atoms with Crippen molar-refractivity contribution < 1.29 is 57.5 Å². The number of nitrogens with zero attached hydrogens (tertiary/aromatic N) is 3. The molecule has 0 aliphatic carbocycles. The number of hydrogen-bond donors (Lipinski definition) is 2. The molecule has 5 aromatic rings. The minimum Gasteiger partial charge on any atom is -0.491 e. The number of morpholine rings is 1. The normalized spacial score (nSPS) is 23.3. The first-order valence-electron chi connectivity index (χ1n) is 23.6. The summed E-state index contributed by atoms with van der Waals surface area (Å²) in [6, 6.07) is 34.3. The quantitative estimate of drug-likeness (QED) is 0.0729. The molecule has 71 heavy (non-hydrogen) atoms. The number of aliphatic hydroxyl groups is 1. The molecule has 5 aromatic carbocycles. The van der Waals surface area contributed by atoms with Crippen LogP contribution in [0.1, 0.15) is 58.0 Å². The predicted molar refractivity (Wildman–Crippen MR) is 256 cm³/mol. The van der Waals surface area contributed by atoms with Crippen molar-refractivity contribution in [2.75, 3.05) is 65.7 Å². The van der Waals surface area contributed by atoms with E-state index >= 15 is 14.4 Å². The number of carbonyl (C=O) groups excluding carboxylic acids is 5. The summed E-state index contributed by atoms with van der Waals surface area (Å²) in [5.74, 6) is 2.03. The number of benzene rings is 5. The highest BCUT2D eigenvalue weighted by molar-refractivity contribution is 6.12. The lowest BCUT2D eigenvalue weighted by molar-refractivity contribution is -0.179. The lowest BCUT2D eigenvalue weighted by Gasteiger charge is -2.46. The minimum atomic E-state index is -1.81. The van der Waals surface area contributed by atoms with E-state index in [1.54, 1.807) is 41.3 Å². The van der Waals surface area contributed by atoms with E-state index in [9.17, 15) is 14.7 Å².